The van der Waals surface area contributed by atoms with Crippen LogP contribution in [0.5, 0.6) is 0 Å². The van der Waals surface area contributed by atoms with Gasteiger partial charge in [0.25, 0.3) is 0 Å². The summed E-state index contributed by atoms with van der Waals surface area (Å²) in [6.07, 6.45) is 0. The van der Waals surface area contributed by atoms with Crippen LogP contribution in [0.4, 0.5) is 5.69 Å². The highest BCUT2D eigenvalue weighted by molar-refractivity contribution is 7.80. The first-order valence-corrected chi connectivity index (χ1v) is 6.84. The zero-order chi connectivity index (χ0) is 13.7. The topological polar surface area (TPSA) is 35.8 Å². The molecule has 0 amide bonds. The second-order valence-electron chi connectivity index (χ2n) is 4.93. The fourth-order valence-electron chi connectivity index (χ4n) is 2.99. The average molecular weight is 275 g/mol. The molecule has 4 aromatic rings. The Balaban J connectivity index is 2.27. The fourth-order valence-corrected chi connectivity index (χ4v) is 3.10. The summed E-state index contributed by atoms with van der Waals surface area (Å²) in [6, 6.07) is 18.9. The molecule has 1 radical (unpaired) electrons. The van der Waals surface area contributed by atoms with Crippen LogP contribution < -0.4 is 11.1 Å². The van der Waals surface area contributed by atoms with Crippen molar-refractivity contribution in [2.45, 2.75) is 0 Å². The number of thiocarbonyl (C=S) groups is 1. The Kier molecular flexibility index (Phi) is 2.32. The summed E-state index contributed by atoms with van der Waals surface area (Å²) in [5.74, 6) is 0. The SMILES string of the molecule is [NH]C(=S)Nc1cc2cccc3ccc4cccc1c4c32. The summed E-state index contributed by atoms with van der Waals surface area (Å²) in [4.78, 5) is 0. The summed E-state index contributed by atoms with van der Waals surface area (Å²) in [5, 5.41) is 10.3. The monoisotopic (exact) mass is 275 g/mol. The Morgan fingerprint density at radius 1 is 0.850 bits per heavy atom. The molecule has 0 aliphatic heterocycles. The lowest BCUT2D eigenvalue weighted by Gasteiger charge is -2.14. The van der Waals surface area contributed by atoms with E-state index in [9.17, 15) is 0 Å². The molecule has 0 bridgehead atoms. The van der Waals surface area contributed by atoms with Crippen molar-refractivity contribution in [3.8, 4) is 0 Å². The molecule has 20 heavy (non-hydrogen) atoms. The van der Waals surface area contributed by atoms with E-state index in [0.717, 1.165) is 11.1 Å². The van der Waals surface area contributed by atoms with Crippen molar-refractivity contribution in [3.63, 3.8) is 0 Å². The van der Waals surface area contributed by atoms with E-state index in [1.807, 2.05) is 6.07 Å². The molecule has 0 saturated heterocycles. The predicted molar refractivity (Wildman–Crippen MR) is 89.5 cm³/mol. The van der Waals surface area contributed by atoms with Crippen molar-refractivity contribution in [2.75, 3.05) is 5.32 Å². The molecule has 0 saturated carbocycles. The first kappa shape index (κ1) is 11.4. The lowest BCUT2D eigenvalue weighted by Crippen LogP contribution is -2.09. The Morgan fingerprint density at radius 2 is 1.50 bits per heavy atom. The van der Waals surface area contributed by atoms with E-state index in [1.54, 1.807) is 0 Å². The average Bonchev–Trinajstić information content (AvgIpc) is 2.45. The molecule has 2 N–H and O–H groups in total. The van der Waals surface area contributed by atoms with E-state index in [0.29, 0.717) is 0 Å². The summed E-state index contributed by atoms with van der Waals surface area (Å²) in [7, 11) is 0. The highest BCUT2D eigenvalue weighted by Crippen LogP contribution is 2.38. The van der Waals surface area contributed by atoms with Gasteiger partial charge in [0, 0.05) is 11.1 Å². The van der Waals surface area contributed by atoms with Crippen molar-refractivity contribution in [1.29, 1.82) is 0 Å². The van der Waals surface area contributed by atoms with E-state index in [4.69, 9.17) is 18.0 Å². The molecular formula is C17H11N2S. The van der Waals surface area contributed by atoms with Gasteiger partial charge < -0.3 is 5.32 Å². The van der Waals surface area contributed by atoms with Crippen LogP contribution in [0.3, 0.4) is 0 Å². The van der Waals surface area contributed by atoms with Crippen LogP contribution in [0.25, 0.3) is 32.3 Å². The van der Waals surface area contributed by atoms with Gasteiger partial charge in [0.15, 0.2) is 5.11 Å². The molecule has 95 valence electrons. The molecular weight excluding hydrogens is 264 g/mol. The van der Waals surface area contributed by atoms with Crippen molar-refractivity contribution in [3.05, 3.63) is 54.6 Å². The normalized spacial score (nSPS) is 11.4. The maximum Gasteiger partial charge on any atom is 0.189 e. The third-order valence-electron chi connectivity index (χ3n) is 3.76. The van der Waals surface area contributed by atoms with E-state index in [2.05, 4.69) is 53.8 Å². The van der Waals surface area contributed by atoms with Gasteiger partial charge in [0.2, 0.25) is 0 Å². The number of rotatable bonds is 1. The smallest absolute Gasteiger partial charge is 0.189 e. The van der Waals surface area contributed by atoms with E-state index in [-0.39, 0.29) is 5.11 Å². The van der Waals surface area contributed by atoms with Crippen LogP contribution >= 0.6 is 12.2 Å². The van der Waals surface area contributed by atoms with Gasteiger partial charge in [-0.25, -0.2) is 0 Å². The van der Waals surface area contributed by atoms with Gasteiger partial charge in [-0.15, -0.1) is 0 Å². The van der Waals surface area contributed by atoms with Crippen LogP contribution in [-0.4, -0.2) is 5.11 Å². The maximum atomic E-state index is 7.51. The van der Waals surface area contributed by atoms with Gasteiger partial charge in [-0.1, -0.05) is 48.5 Å². The molecule has 0 atom stereocenters. The lowest BCUT2D eigenvalue weighted by atomic mass is 9.93. The number of hydrogen-bond acceptors (Lipinski definition) is 1. The quantitative estimate of drug-likeness (QED) is 0.408. The number of nitrogens with one attached hydrogen (secondary N) is 2. The standard InChI is InChI=1S/C17H11N2S/c18-17(20)19-14-9-12-5-1-3-10-7-8-11-4-2-6-13(14)16(11)15(10)12/h1-9,18H,(H,19,20). The summed E-state index contributed by atoms with van der Waals surface area (Å²) < 4.78 is 0. The van der Waals surface area contributed by atoms with Crippen molar-refractivity contribution >= 4 is 55.3 Å². The molecule has 4 rings (SSSR count). The molecule has 0 spiro atoms. The van der Waals surface area contributed by atoms with Gasteiger partial charge in [-0.05, 0) is 45.2 Å². The molecule has 2 nitrogen and oxygen atoms in total. The molecule has 0 unspecified atom stereocenters. The van der Waals surface area contributed by atoms with Crippen LogP contribution in [0.15, 0.2) is 54.6 Å². The third kappa shape index (κ3) is 1.53. The van der Waals surface area contributed by atoms with Crippen molar-refractivity contribution in [1.82, 2.24) is 5.73 Å². The minimum atomic E-state index is 0.0415. The molecule has 0 aliphatic carbocycles. The molecule has 0 aliphatic rings. The number of benzene rings is 4. The van der Waals surface area contributed by atoms with Crippen LogP contribution in [0.2, 0.25) is 0 Å². The Labute approximate surface area is 121 Å². The third-order valence-corrected chi connectivity index (χ3v) is 3.86. The second-order valence-corrected chi connectivity index (χ2v) is 5.33. The highest BCUT2D eigenvalue weighted by Gasteiger charge is 2.11. The van der Waals surface area contributed by atoms with Gasteiger partial charge in [-0.3, -0.25) is 5.73 Å². The first-order chi connectivity index (χ1) is 9.74. The molecule has 3 heteroatoms. The van der Waals surface area contributed by atoms with E-state index < -0.39 is 0 Å². The zero-order valence-electron chi connectivity index (χ0n) is 10.6. The molecule has 0 fully saturated rings. The summed E-state index contributed by atoms with van der Waals surface area (Å²) >= 11 is 4.88. The molecule has 4 aromatic carbocycles. The number of anilines is 1. The van der Waals surface area contributed by atoms with Crippen molar-refractivity contribution < 1.29 is 0 Å². The van der Waals surface area contributed by atoms with Gasteiger partial charge in [0.1, 0.15) is 0 Å². The van der Waals surface area contributed by atoms with Crippen LogP contribution in [-0.2, 0) is 0 Å². The van der Waals surface area contributed by atoms with Crippen molar-refractivity contribution in [2.24, 2.45) is 0 Å². The minimum absolute atomic E-state index is 0.0415. The Bertz CT molecular complexity index is 959. The largest absolute Gasteiger partial charge is 0.331 e. The van der Waals surface area contributed by atoms with Crippen LogP contribution in [0.1, 0.15) is 0 Å². The van der Waals surface area contributed by atoms with E-state index >= 15 is 0 Å². The Morgan fingerprint density at radius 3 is 2.25 bits per heavy atom. The van der Waals surface area contributed by atoms with Gasteiger partial charge >= 0.3 is 0 Å². The zero-order valence-corrected chi connectivity index (χ0v) is 11.4. The summed E-state index contributed by atoms with van der Waals surface area (Å²) in [5.41, 5.74) is 8.42. The van der Waals surface area contributed by atoms with Crippen LogP contribution in [0, 0.1) is 0 Å². The van der Waals surface area contributed by atoms with Gasteiger partial charge in [0.05, 0.1) is 0 Å². The molecule has 0 aromatic heterocycles. The summed E-state index contributed by atoms with van der Waals surface area (Å²) in [6.45, 7) is 0. The maximum absolute atomic E-state index is 7.51. The number of hydrogen-bond donors (Lipinski definition) is 1. The Hall–Kier alpha value is -2.39. The fraction of sp³-hybridized carbons (Fsp3) is 0. The highest BCUT2D eigenvalue weighted by atomic mass is 32.1. The minimum Gasteiger partial charge on any atom is -0.331 e. The van der Waals surface area contributed by atoms with Gasteiger partial charge in [-0.2, -0.15) is 0 Å². The lowest BCUT2D eigenvalue weighted by molar-refractivity contribution is 1.62. The van der Waals surface area contributed by atoms with E-state index in [1.165, 1.54) is 26.9 Å². The second kappa shape index (κ2) is 4.05. The molecule has 0 heterocycles. The predicted octanol–water partition coefficient (Wildman–Crippen LogP) is 4.56. The first-order valence-electron chi connectivity index (χ1n) is 6.43.